The molecule has 0 saturated carbocycles. The van der Waals surface area contributed by atoms with E-state index in [2.05, 4.69) is 17.1 Å². The zero-order valence-corrected chi connectivity index (χ0v) is 13.0. The molecule has 0 spiro atoms. The van der Waals surface area contributed by atoms with Crippen LogP contribution in [0, 0.1) is 0 Å². The molecule has 2 amide bonds. The van der Waals surface area contributed by atoms with E-state index in [0.717, 1.165) is 56.2 Å². The van der Waals surface area contributed by atoms with Crippen molar-refractivity contribution in [3.8, 4) is 11.5 Å². The van der Waals surface area contributed by atoms with E-state index in [-0.39, 0.29) is 12.8 Å². The summed E-state index contributed by atoms with van der Waals surface area (Å²) in [7, 11) is 0. The number of benzene rings is 1. The van der Waals surface area contributed by atoms with Gasteiger partial charge in [-0.3, -0.25) is 4.90 Å². The van der Waals surface area contributed by atoms with Gasteiger partial charge in [-0.15, -0.1) is 0 Å². The minimum atomic E-state index is 0.00816. The largest absolute Gasteiger partial charge is 0.454 e. The third-order valence-corrected chi connectivity index (χ3v) is 4.08. The summed E-state index contributed by atoms with van der Waals surface area (Å²) in [5.41, 5.74) is 1.02. The van der Waals surface area contributed by atoms with E-state index in [1.165, 1.54) is 0 Å². The van der Waals surface area contributed by atoms with Crippen LogP contribution in [0.4, 0.5) is 4.79 Å². The summed E-state index contributed by atoms with van der Waals surface area (Å²) in [6.07, 6.45) is 1.16. The molecule has 22 heavy (non-hydrogen) atoms. The Hall–Kier alpha value is -1.95. The second kappa shape index (κ2) is 6.87. The van der Waals surface area contributed by atoms with Crippen LogP contribution in [-0.4, -0.2) is 55.3 Å². The van der Waals surface area contributed by atoms with Crippen molar-refractivity contribution in [2.24, 2.45) is 0 Å². The highest BCUT2D eigenvalue weighted by atomic mass is 16.7. The number of hydrogen-bond donors (Lipinski definition) is 1. The molecule has 6 nitrogen and oxygen atoms in total. The van der Waals surface area contributed by atoms with Gasteiger partial charge in [0, 0.05) is 32.7 Å². The third kappa shape index (κ3) is 3.44. The Morgan fingerprint density at radius 1 is 1.18 bits per heavy atom. The van der Waals surface area contributed by atoms with E-state index in [0.29, 0.717) is 6.54 Å². The normalized spacial score (nSPS) is 17.6. The van der Waals surface area contributed by atoms with Crippen molar-refractivity contribution in [1.82, 2.24) is 15.1 Å². The van der Waals surface area contributed by atoms with Crippen molar-refractivity contribution in [3.05, 3.63) is 23.8 Å². The first-order valence-corrected chi connectivity index (χ1v) is 7.90. The fourth-order valence-electron chi connectivity index (χ4n) is 2.83. The third-order valence-electron chi connectivity index (χ3n) is 4.08. The quantitative estimate of drug-likeness (QED) is 0.919. The van der Waals surface area contributed by atoms with Gasteiger partial charge in [-0.05, 0) is 30.7 Å². The smallest absolute Gasteiger partial charge is 0.317 e. The molecular weight excluding hydrogens is 282 g/mol. The van der Waals surface area contributed by atoms with E-state index < -0.39 is 0 Å². The maximum absolute atomic E-state index is 12.2. The standard InChI is InChI=1S/C16H23N3O3/c1-2-5-18-6-8-19(9-7-18)16(20)17-11-13-3-4-14-15(10-13)22-12-21-14/h3-4,10H,2,5-9,11-12H2,1H3,(H,17,20). The summed E-state index contributed by atoms with van der Waals surface area (Å²) in [6.45, 7) is 7.60. The molecule has 1 fully saturated rings. The molecule has 0 atom stereocenters. The lowest BCUT2D eigenvalue weighted by molar-refractivity contribution is 0.139. The molecule has 0 radical (unpaired) electrons. The lowest BCUT2D eigenvalue weighted by Crippen LogP contribution is -2.51. The molecular formula is C16H23N3O3. The first-order valence-electron chi connectivity index (χ1n) is 7.90. The molecule has 120 valence electrons. The van der Waals surface area contributed by atoms with Crippen LogP contribution in [0.2, 0.25) is 0 Å². The van der Waals surface area contributed by atoms with Gasteiger partial charge in [-0.25, -0.2) is 4.79 Å². The molecule has 0 unspecified atom stereocenters. The monoisotopic (exact) mass is 305 g/mol. The summed E-state index contributed by atoms with van der Waals surface area (Å²) in [4.78, 5) is 16.5. The van der Waals surface area contributed by atoms with Crippen LogP contribution in [0.5, 0.6) is 11.5 Å². The molecule has 1 aromatic rings. The number of amides is 2. The van der Waals surface area contributed by atoms with E-state index in [1.54, 1.807) is 0 Å². The summed E-state index contributed by atoms with van der Waals surface area (Å²) < 4.78 is 10.6. The highest BCUT2D eigenvalue weighted by molar-refractivity contribution is 5.74. The fraction of sp³-hybridized carbons (Fsp3) is 0.562. The van der Waals surface area contributed by atoms with Crippen molar-refractivity contribution in [1.29, 1.82) is 0 Å². The van der Waals surface area contributed by atoms with Gasteiger partial charge >= 0.3 is 6.03 Å². The van der Waals surface area contributed by atoms with Gasteiger partial charge in [0.15, 0.2) is 11.5 Å². The van der Waals surface area contributed by atoms with Crippen molar-refractivity contribution in [2.45, 2.75) is 19.9 Å². The second-order valence-electron chi connectivity index (χ2n) is 5.68. The van der Waals surface area contributed by atoms with Crippen LogP contribution < -0.4 is 14.8 Å². The number of urea groups is 1. The number of fused-ring (bicyclic) bond motifs is 1. The molecule has 2 aliphatic rings. The van der Waals surface area contributed by atoms with Crippen LogP contribution in [0.25, 0.3) is 0 Å². The van der Waals surface area contributed by atoms with Gasteiger partial charge < -0.3 is 19.7 Å². The summed E-state index contributed by atoms with van der Waals surface area (Å²) in [5, 5.41) is 2.98. The van der Waals surface area contributed by atoms with E-state index >= 15 is 0 Å². The van der Waals surface area contributed by atoms with Crippen LogP contribution in [0.15, 0.2) is 18.2 Å². The van der Waals surface area contributed by atoms with Crippen LogP contribution in [0.3, 0.4) is 0 Å². The lowest BCUT2D eigenvalue weighted by atomic mass is 10.2. The molecule has 3 rings (SSSR count). The molecule has 1 aromatic carbocycles. The van der Waals surface area contributed by atoms with Gasteiger partial charge in [0.25, 0.3) is 0 Å². The highest BCUT2D eigenvalue weighted by Gasteiger charge is 2.20. The summed E-state index contributed by atoms with van der Waals surface area (Å²) in [6, 6.07) is 5.76. The van der Waals surface area contributed by atoms with Crippen molar-refractivity contribution < 1.29 is 14.3 Å². The lowest BCUT2D eigenvalue weighted by Gasteiger charge is -2.34. The molecule has 6 heteroatoms. The zero-order chi connectivity index (χ0) is 15.4. The Morgan fingerprint density at radius 2 is 1.95 bits per heavy atom. The van der Waals surface area contributed by atoms with Gasteiger partial charge in [0.05, 0.1) is 0 Å². The van der Waals surface area contributed by atoms with E-state index in [4.69, 9.17) is 9.47 Å². The summed E-state index contributed by atoms with van der Waals surface area (Å²) in [5.74, 6) is 1.52. The first kappa shape index (κ1) is 15.0. The van der Waals surface area contributed by atoms with Crippen molar-refractivity contribution in [3.63, 3.8) is 0 Å². The van der Waals surface area contributed by atoms with Gasteiger partial charge in [-0.1, -0.05) is 13.0 Å². The molecule has 2 heterocycles. The topological polar surface area (TPSA) is 54.0 Å². The minimum Gasteiger partial charge on any atom is -0.454 e. The number of hydrogen-bond acceptors (Lipinski definition) is 4. The van der Waals surface area contributed by atoms with E-state index in [9.17, 15) is 4.79 Å². The number of rotatable bonds is 4. The number of carbonyl (C=O) groups is 1. The predicted octanol–water partition coefficient (Wildman–Crippen LogP) is 1.65. The highest BCUT2D eigenvalue weighted by Crippen LogP contribution is 2.32. The molecule has 2 aliphatic heterocycles. The van der Waals surface area contributed by atoms with Crippen LogP contribution in [-0.2, 0) is 6.54 Å². The average molecular weight is 305 g/mol. The maximum Gasteiger partial charge on any atom is 0.317 e. The Labute approximate surface area is 131 Å². The Kier molecular flexibility index (Phi) is 4.68. The fourth-order valence-corrected chi connectivity index (χ4v) is 2.83. The number of nitrogens with zero attached hydrogens (tertiary/aromatic N) is 2. The maximum atomic E-state index is 12.2. The molecule has 0 aliphatic carbocycles. The first-order chi connectivity index (χ1) is 10.8. The van der Waals surface area contributed by atoms with Crippen molar-refractivity contribution in [2.75, 3.05) is 39.5 Å². The average Bonchev–Trinajstić information content (AvgIpc) is 3.01. The number of nitrogens with one attached hydrogen (secondary N) is 1. The number of ether oxygens (including phenoxy) is 2. The molecule has 1 saturated heterocycles. The zero-order valence-electron chi connectivity index (χ0n) is 13.0. The van der Waals surface area contributed by atoms with E-state index in [1.807, 2.05) is 23.1 Å². The minimum absolute atomic E-state index is 0.00816. The van der Waals surface area contributed by atoms with Gasteiger partial charge in [0.1, 0.15) is 0 Å². The summed E-state index contributed by atoms with van der Waals surface area (Å²) >= 11 is 0. The Morgan fingerprint density at radius 3 is 2.73 bits per heavy atom. The van der Waals surface area contributed by atoms with Gasteiger partial charge in [-0.2, -0.15) is 0 Å². The second-order valence-corrected chi connectivity index (χ2v) is 5.68. The predicted molar refractivity (Wildman–Crippen MR) is 83.1 cm³/mol. The van der Waals surface area contributed by atoms with Gasteiger partial charge in [0.2, 0.25) is 6.79 Å². The van der Waals surface area contributed by atoms with Crippen LogP contribution >= 0.6 is 0 Å². The Bertz CT molecular complexity index is 527. The number of carbonyl (C=O) groups excluding carboxylic acids is 1. The van der Waals surface area contributed by atoms with Crippen LogP contribution in [0.1, 0.15) is 18.9 Å². The number of piperazine rings is 1. The SMILES string of the molecule is CCCN1CCN(C(=O)NCc2ccc3c(c2)OCO3)CC1. The molecule has 0 aromatic heterocycles. The Balaban J connectivity index is 1.46. The molecule has 0 bridgehead atoms. The van der Waals surface area contributed by atoms with Crippen molar-refractivity contribution >= 4 is 6.03 Å². The molecule has 1 N–H and O–H groups in total.